The average Bonchev–Trinajstić information content (AvgIpc) is 3.41. The number of thiophene rings is 1. The van der Waals surface area contributed by atoms with Gasteiger partial charge in [-0.05, 0) is 24.6 Å². The zero-order chi connectivity index (χ0) is 19.0. The summed E-state index contributed by atoms with van der Waals surface area (Å²) in [5, 5.41) is 7.60. The molecule has 0 aliphatic carbocycles. The summed E-state index contributed by atoms with van der Waals surface area (Å²) >= 11 is 1.53. The first-order chi connectivity index (χ1) is 13.0. The Balaban J connectivity index is 1.37. The number of nitrogens with one attached hydrogen (secondary N) is 1. The van der Waals surface area contributed by atoms with Crippen LogP contribution in [0.2, 0.25) is 0 Å². The van der Waals surface area contributed by atoms with E-state index in [1.165, 1.54) is 11.3 Å². The summed E-state index contributed by atoms with van der Waals surface area (Å²) in [5.74, 6) is 0.375. The number of aryl methyl sites for hydroxylation is 2. The molecule has 2 amide bonds. The van der Waals surface area contributed by atoms with Crippen molar-refractivity contribution in [1.29, 1.82) is 0 Å². The van der Waals surface area contributed by atoms with E-state index in [9.17, 15) is 9.59 Å². The molecule has 2 fully saturated rings. The summed E-state index contributed by atoms with van der Waals surface area (Å²) in [5.41, 5.74) is 1.11. The Labute approximate surface area is 162 Å². The molecule has 0 saturated carbocycles. The fourth-order valence-corrected chi connectivity index (χ4v) is 4.83. The topological polar surface area (TPSA) is 70.5 Å². The summed E-state index contributed by atoms with van der Waals surface area (Å²) in [6.07, 6.45) is 3.86. The number of carbonyl (C=O) groups is 2. The zero-order valence-corrected chi connectivity index (χ0v) is 16.5. The van der Waals surface area contributed by atoms with Crippen molar-refractivity contribution in [3.63, 3.8) is 0 Å². The van der Waals surface area contributed by atoms with Crippen LogP contribution in [0.3, 0.4) is 0 Å². The van der Waals surface area contributed by atoms with Gasteiger partial charge in [-0.2, -0.15) is 5.10 Å². The molecule has 0 radical (unpaired) electrons. The molecule has 4 heterocycles. The molecule has 144 valence electrons. The minimum absolute atomic E-state index is 0.0589. The Kier molecular flexibility index (Phi) is 5.01. The third-order valence-corrected chi connectivity index (χ3v) is 6.50. The van der Waals surface area contributed by atoms with E-state index in [1.54, 1.807) is 4.68 Å². The zero-order valence-electron chi connectivity index (χ0n) is 15.7. The maximum Gasteiger partial charge on any atom is 0.264 e. The first kappa shape index (κ1) is 18.2. The van der Waals surface area contributed by atoms with Crippen molar-refractivity contribution in [2.75, 3.05) is 39.3 Å². The average molecular weight is 388 g/mol. The van der Waals surface area contributed by atoms with Crippen molar-refractivity contribution < 1.29 is 9.59 Å². The van der Waals surface area contributed by atoms with Gasteiger partial charge in [0.1, 0.15) is 0 Å². The summed E-state index contributed by atoms with van der Waals surface area (Å²) in [6, 6.07) is 3.87. The van der Waals surface area contributed by atoms with Crippen LogP contribution < -0.4 is 5.32 Å². The van der Waals surface area contributed by atoms with Crippen molar-refractivity contribution >= 4 is 23.2 Å². The molecule has 27 heavy (non-hydrogen) atoms. The monoisotopic (exact) mass is 387 g/mol. The predicted octanol–water partition coefficient (Wildman–Crippen LogP) is 1.08. The third-order valence-electron chi connectivity index (χ3n) is 5.51. The van der Waals surface area contributed by atoms with Crippen LogP contribution in [-0.2, 0) is 11.8 Å². The van der Waals surface area contributed by atoms with E-state index >= 15 is 0 Å². The van der Waals surface area contributed by atoms with Gasteiger partial charge < -0.3 is 15.1 Å². The van der Waals surface area contributed by atoms with Crippen LogP contribution in [0.1, 0.15) is 26.0 Å². The SMILES string of the molecule is Cc1ccc(C(=O)N2CCN(C(=O)[C@H]3CNC[C@@H]3c3cnn(C)c3)CC2)s1. The standard InChI is InChI=1S/C19H25N5O2S/c1-13-3-4-17(27-13)19(26)24-7-5-23(6-8-24)18(25)16-11-20-10-15(16)14-9-21-22(2)12-14/h3-4,9,12,15-16,20H,5-8,10-11H2,1-2H3/t15-,16+/m1/s1. The highest BCUT2D eigenvalue weighted by atomic mass is 32.1. The summed E-state index contributed by atoms with van der Waals surface area (Å²) in [7, 11) is 1.90. The minimum Gasteiger partial charge on any atom is -0.339 e. The van der Waals surface area contributed by atoms with Gasteiger partial charge >= 0.3 is 0 Å². The Morgan fingerprint density at radius 1 is 1.15 bits per heavy atom. The normalized spacial score (nSPS) is 23.0. The molecule has 1 N–H and O–H groups in total. The number of hydrogen-bond acceptors (Lipinski definition) is 5. The summed E-state index contributed by atoms with van der Waals surface area (Å²) < 4.78 is 1.78. The lowest BCUT2D eigenvalue weighted by atomic mass is 9.89. The van der Waals surface area contributed by atoms with Gasteiger partial charge in [0, 0.05) is 63.3 Å². The molecule has 0 aromatic carbocycles. The van der Waals surface area contributed by atoms with Crippen LogP contribution in [0.4, 0.5) is 0 Å². The molecule has 2 aromatic rings. The van der Waals surface area contributed by atoms with Gasteiger partial charge in [0.25, 0.3) is 5.91 Å². The van der Waals surface area contributed by atoms with Crippen molar-refractivity contribution in [2.24, 2.45) is 13.0 Å². The molecule has 7 nitrogen and oxygen atoms in total. The van der Waals surface area contributed by atoms with E-state index in [0.29, 0.717) is 32.7 Å². The molecule has 0 bridgehead atoms. The molecule has 0 spiro atoms. The van der Waals surface area contributed by atoms with E-state index in [0.717, 1.165) is 21.9 Å². The fraction of sp³-hybridized carbons (Fsp3) is 0.526. The molecule has 0 unspecified atom stereocenters. The second kappa shape index (κ2) is 7.44. The number of amides is 2. The Morgan fingerprint density at radius 2 is 1.89 bits per heavy atom. The second-order valence-corrected chi connectivity index (χ2v) is 8.63. The number of piperazine rings is 1. The van der Waals surface area contributed by atoms with Crippen molar-refractivity contribution in [3.05, 3.63) is 39.8 Å². The predicted molar refractivity (Wildman–Crippen MR) is 104 cm³/mol. The smallest absolute Gasteiger partial charge is 0.264 e. The molecular formula is C19H25N5O2S. The van der Waals surface area contributed by atoms with E-state index in [1.807, 2.05) is 48.3 Å². The second-order valence-electron chi connectivity index (χ2n) is 7.35. The lowest BCUT2D eigenvalue weighted by molar-refractivity contribution is -0.136. The van der Waals surface area contributed by atoms with Crippen molar-refractivity contribution in [3.8, 4) is 0 Å². The molecule has 2 atom stereocenters. The lowest BCUT2D eigenvalue weighted by Crippen LogP contribution is -2.52. The lowest BCUT2D eigenvalue weighted by Gasteiger charge is -2.36. The third kappa shape index (κ3) is 3.64. The van der Waals surface area contributed by atoms with E-state index < -0.39 is 0 Å². The minimum atomic E-state index is -0.0589. The first-order valence-corrected chi connectivity index (χ1v) is 10.2. The molecular weight excluding hydrogens is 362 g/mol. The number of rotatable bonds is 3. The van der Waals surface area contributed by atoms with Gasteiger partial charge in [0.15, 0.2) is 0 Å². The van der Waals surface area contributed by atoms with Crippen LogP contribution in [-0.4, -0.2) is 70.7 Å². The molecule has 2 aliphatic rings. The maximum absolute atomic E-state index is 13.1. The molecule has 2 aromatic heterocycles. The molecule has 4 rings (SSSR count). The van der Waals surface area contributed by atoms with Gasteiger partial charge in [0.05, 0.1) is 17.0 Å². The molecule has 2 saturated heterocycles. The number of carbonyl (C=O) groups excluding carboxylic acids is 2. The van der Waals surface area contributed by atoms with Gasteiger partial charge in [-0.3, -0.25) is 14.3 Å². The van der Waals surface area contributed by atoms with Gasteiger partial charge in [-0.15, -0.1) is 11.3 Å². The number of hydrogen-bond donors (Lipinski definition) is 1. The number of nitrogens with zero attached hydrogens (tertiary/aromatic N) is 4. The van der Waals surface area contributed by atoms with Gasteiger partial charge in [0.2, 0.25) is 5.91 Å². The van der Waals surface area contributed by atoms with Crippen LogP contribution in [0.15, 0.2) is 24.5 Å². The van der Waals surface area contributed by atoms with E-state index in [4.69, 9.17) is 0 Å². The Morgan fingerprint density at radius 3 is 2.52 bits per heavy atom. The van der Waals surface area contributed by atoms with Crippen LogP contribution in [0, 0.1) is 12.8 Å². The molecule has 2 aliphatic heterocycles. The van der Waals surface area contributed by atoms with Crippen LogP contribution in [0.25, 0.3) is 0 Å². The Bertz CT molecular complexity index is 837. The quantitative estimate of drug-likeness (QED) is 0.856. The molecule has 8 heteroatoms. The summed E-state index contributed by atoms with van der Waals surface area (Å²) in [4.78, 5) is 31.4. The highest BCUT2D eigenvalue weighted by molar-refractivity contribution is 7.13. The van der Waals surface area contributed by atoms with Crippen molar-refractivity contribution in [1.82, 2.24) is 24.9 Å². The van der Waals surface area contributed by atoms with Gasteiger partial charge in [-0.25, -0.2) is 0 Å². The van der Waals surface area contributed by atoms with E-state index in [2.05, 4.69) is 10.4 Å². The Hall–Kier alpha value is -2.19. The van der Waals surface area contributed by atoms with Crippen LogP contribution in [0.5, 0.6) is 0 Å². The highest BCUT2D eigenvalue weighted by Crippen LogP contribution is 2.29. The van der Waals surface area contributed by atoms with Crippen LogP contribution >= 0.6 is 11.3 Å². The van der Waals surface area contributed by atoms with Crippen molar-refractivity contribution in [2.45, 2.75) is 12.8 Å². The fourth-order valence-electron chi connectivity index (χ4n) is 3.99. The number of aromatic nitrogens is 2. The first-order valence-electron chi connectivity index (χ1n) is 9.36. The largest absolute Gasteiger partial charge is 0.339 e. The maximum atomic E-state index is 13.1. The summed E-state index contributed by atoms with van der Waals surface area (Å²) in [6.45, 7) is 5.91. The van der Waals surface area contributed by atoms with E-state index in [-0.39, 0.29) is 23.7 Å². The van der Waals surface area contributed by atoms with Gasteiger partial charge in [-0.1, -0.05) is 0 Å². The highest BCUT2D eigenvalue weighted by Gasteiger charge is 2.38.